The summed E-state index contributed by atoms with van der Waals surface area (Å²) in [5, 5.41) is 3.34. The molecule has 5 nitrogen and oxygen atoms in total. The molecule has 2 amide bonds. The van der Waals surface area contributed by atoms with Gasteiger partial charge in [-0.3, -0.25) is 14.6 Å². The van der Waals surface area contributed by atoms with Crippen LogP contribution in [0.2, 0.25) is 0 Å². The summed E-state index contributed by atoms with van der Waals surface area (Å²) < 4.78 is 0. The van der Waals surface area contributed by atoms with Gasteiger partial charge >= 0.3 is 0 Å². The highest BCUT2D eigenvalue weighted by molar-refractivity contribution is 5.96. The maximum absolute atomic E-state index is 12.9. The third-order valence-electron chi connectivity index (χ3n) is 6.04. The zero-order valence-corrected chi connectivity index (χ0v) is 16.4. The van der Waals surface area contributed by atoms with Crippen molar-refractivity contribution >= 4 is 11.8 Å². The lowest BCUT2D eigenvalue weighted by atomic mass is 9.82. The third kappa shape index (κ3) is 4.08. The molecule has 146 valence electrons. The van der Waals surface area contributed by atoms with Gasteiger partial charge in [-0.15, -0.1) is 0 Å². The normalized spacial score (nSPS) is 18.5. The highest BCUT2D eigenvalue weighted by atomic mass is 16.2. The molecule has 1 aromatic heterocycles. The van der Waals surface area contributed by atoms with Gasteiger partial charge in [-0.25, -0.2) is 0 Å². The highest BCUT2D eigenvalue weighted by Crippen LogP contribution is 2.41. The Balaban J connectivity index is 1.46. The van der Waals surface area contributed by atoms with Crippen LogP contribution in [0, 0.1) is 12.8 Å². The lowest BCUT2D eigenvalue weighted by Gasteiger charge is -2.43. The van der Waals surface area contributed by atoms with Crippen LogP contribution < -0.4 is 5.32 Å². The molecule has 0 radical (unpaired) electrons. The minimum absolute atomic E-state index is 0.0101. The molecule has 0 unspecified atom stereocenters. The average molecular weight is 377 g/mol. The van der Waals surface area contributed by atoms with E-state index in [2.05, 4.69) is 10.3 Å². The Morgan fingerprint density at radius 2 is 1.82 bits per heavy atom. The summed E-state index contributed by atoms with van der Waals surface area (Å²) >= 11 is 0. The van der Waals surface area contributed by atoms with Gasteiger partial charge in [0.15, 0.2) is 0 Å². The zero-order valence-electron chi connectivity index (χ0n) is 16.4. The second-order valence-corrected chi connectivity index (χ2v) is 8.18. The Morgan fingerprint density at radius 3 is 2.46 bits per heavy atom. The minimum Gasteiger partial charge on any atom is -0.346 e. The van der Waals surface area contributed by atoms with Crippen molar-refractivity contribution in [1.82, 2.24) is 15.2 Å². The SMILES string of the molecule is Cc1ncccc1C(=O)N1CCC(CC2CC2)(NC(=O)c2ccccc2)CC1. The minimum atomic E-state index is -0.213. The first-order chi connectivity index (χ1) is 13.6. The molecular formula is C23H27N3O2. The van der Waals surface area contributed by atoms with Crippen LogP contribution >= 0.6 is 0 Å². The first kappa shape index (κ1) is 18.7. The molecule has 5 heteroatoms. The van der Waals surface area contributed by atoms with Crippen LogP contribution in [0.1, 0.15) is 58.5 Å². The lowest BCUT2D eigenvalue weighted by molar-refractivity contribution is 0.0599. The van der Waals surface area contributed by atoms with Crippen LogP contribution in [0.15, 0.2) is 48.7 Å². The van der Waals surface area contributed by atoms with Crippen LogP contribution in [-0.4, -0.2) is 40.3 Å². The number of carbonyl (C=O) groups excluding carboxylic acids is 2. The van der Waals surface area contributed by atoms with Crippen molar-refractivity contribution in [2.24, 2.45) is 5.92 Å². The lowest BCUT2D eigenvalue weighted by Crippen LogP contribution is -2.56. The second-order valence-electron chi connectivity index (χ2n) is 8.18. The molecule has 1 saturated carbocycles. The number of aromatic nitrogens is 1. The Bertz CT molecular complexity index is 853. The largest absolute Gasteiger partial charge is 0.346 e. The van der Waals surface area contributed by atoms with E-state index in [9.17, 15) is 9.59 Å². The van der Waals surface area contributed by atoms with Gasteiger partial charge < -0.3 is 10.2 Å². The van der Waals surface area contributed by atoms with E-state index < -0.39 is 0 Å². The van der Waals surface area contributed by atoms with E-state index in [0.717, 1.165) is 25.0 Å². The molecule has 0 bridgehead atoms. The summed E-state index contributed by atoms with van der Waals surface area (Å²) in [6.45, 7) is 3.19. The van der Waals surface area contributed by atoms with Crippen LogP contribution in [-0.2, 0) is 0 Å². The summed E-state index contributed by atoms with van der Waals surface area (Å²) in [6.07, 6.45) is 6.82. The number of nitrogens with one attached hydrogen (secondary N) is 1. The summed E-state index contributed by atoms with van der Waals surface area (Å²) in [4.78, 5) is 31.9. The average Bonchev–Trinajstić information content (AvgIpc) is 3.53. The summed E-state index contributed by atoms with van der Waals surface area (Å²) in [5.74, 6) is 0.739. The van der Waals surface area contributed by atoms with E-state index in [1.54, 1.807) is 6.20 Å². The van der Waals surface area contributed by atoms with Gasteiger partial charge in [0.1, 0.15) is 0 Å². The van der Waals surface area contributed by atoms with E-state index in [1.807, 2.05) is 54.3 Å². The number of piperidine rings is 1. The van der Waals surface area contributed by atoms with Crippen molar-refractivity contribution in [2.45, 2.75) is 44.6 Å². The topological polar surface area (TPSA) is 62.3 Å². The summed E-state index contributed by atoms with van der Waals surface area (Å²) in [5.41, 5.74) is 1.92. The fourth-order valence-corrected chi connectivity index (χ4v) is 4.18. The predicted molar refractivity (Wildman–Crippen MR) is 108 cm³/mol. The quantitative estimate of drug-likeness (QED) is 0.866. The van der Waals surface area contributed by atoms with E-state index in [-0.39, 0.29) is 17.4 Å². The third-order valence-corrected chi connectivity index (χ3v) is 6.04. The molecule has 0 spiro atoms. The van der Waals surface area contributed by atoms with Crippen LogP contribution in [0.5, 0.6) is 0 Å². The van der Waals surface area contributed by atoms with E-state index in [4.69, 9.17) is 0 Å². The van der Waals surface area contributed by atoms with Gasteiger partial charge in [0, 0.05) is 36.1 Å². The van der Waals surface area contributed by atoms with Crippen molar-refractivity contribution in [3.63, 3.8) is 0 Å². The van der Waals surface area contributed by atoms with Gasteiger partial charge in [-0.2, -0.15) is 0 Å². The van der Waals surface area contributed by atoms with E-state index in [1.165, 1.54) is 12.8 Å². The molecule has 2 fully saturated rings. The van der Waals surface area contributed by atoms with E-state index in [0.29, 0.717) is 30.1 Å². The molecule has 2 aromatic rings. The summed E-state index contributed by atoms with van der Waals surface area (Å²) in [6, 6.07) is 13.0. The molecule has 0 atom stereocenters. The monoisotopic (exact) mass is 377 g/mol. The van der Waals surface area contributed by atoms with Crippen molar-refractivity contribution in [1.29, 1.82) is 0 Å². The number of nitrogens with zero attached hydrogens (tertiary/aromatic N) is 2. The van der Waals surface area contributed by atoms with Crippen molar-refractivity contribution < 1.29 is 9.59 Å². The standard InChI is InChI=1S/C23H27N3O2/c1-17-20(8-5-13-24-17)22(28)26-14-11-23(12-15-26,16-18-9-10-18)25-21(27)19-6-3-2-4-7-19/h2-8,13,18H,9-12,14-16H2,1H3,(H,25,27). The number of hydrogen-bond acceptors (Lipinski definition) is 3. The Labute approximate surface area is 166 Å². The summed E-state index contributed by atoms with van der Waals surface area (Å²) in [7, 11) is 0. The first-order valence-corrected chi connectivity index (χ1v) is 10.1. The van der Waals surface area contributed by atoms with Gasteiger partial charge in [0.2, 0.25) is 0 Å². The number of aryl methyl sites for hydroxylation is 1. The smallest absolute Gasteiger partial charge is 0.255 e. The highest BCUT2D eigenvalue weighted by Gasteiger charge is 2.41. The van der Waals surface area contributed by atoms with Crippen LogP contribution in [0.25, 0.3) is 0 Å². The number of rotatable bonds is 5. The van der Waals surface area contributed by atoms with Gasteiger partial charge in [0.25, 0.3) is 11.8 Å². The number of benzene rings is 1. The molecule has 28 heavy (non-hydrogen) atoms. The fourth-order valence-electron chi connectivity index (χ4n) is 4.18. The first-order valence-electron chi connectivity index (χ1n) is 10.1. The zero-order chi connectivity index (χ0) is 19.6. The molecule has 4 rings (SSSR count). The second kappa shape index (κ2) is 7.74. The number of hydrogen-bond donors (Lipinski definition) is 1. The predicted octanol–water partition coefficient (Wildman–Crippen LogP) is 3.59. The van der Waals surface area contributed by atoms with Gasteiger partial charge in [0.05, 0.1) is 5.56 Å². The molecular weight excluding hydrogens is 350 g/mol. The Morgan fingerprint density at radius 1 is 1.11 bits per heavy atom. The van der Waals surface area contributed by atoms with Crippen molar-refractivity contribution in [3.8, 4) is 0 Å². The Hall–Kier alpha value is -2.69. The van der Waals surface area contributed by atoms with Crippen molar-refractivity contribution in [2.75, 3.05) is 13.1 Å². The maximum Gasteiger partial charge on any atom is 0.255 e. The van der Waals surface area contributed by atoms with Gasteiger partial charge in [-0.1, -0.05) is 31.0 Å². The van der Waals surface area contributed by atoms with Crippen LogP contribution in [0.4, 0.5) is 0 Å². The van der Waals surface area contributed by atoms with Crippen molar-refractivity contribution in [3.05, 3.63) is 65.5 Å². The molecule has 1 aromatic carbocycles. The van der Waals surface area contributed by atoms with Gasteiger partial charge in [-0.05, 0) is 56.4 Å². The number of carbonyl (C=O) groups is 2. The van der Waals surface area contributed by atoms with E-state index >= 15 is 0 Å². The number of pyridine rings is 1. The fraction of sp³-hybridized carbons (Fsp3) is 0.435. The molecule has 1 aliphatic heterocycles. The maximum atomic E-state index is 12.9. The number of amides is 2. The Kier molecular flexibility index (Phi) is 5.16. The molecule has 2 aliphatic rings. The van der Waals surface area contributed by atoms with Crippen LogP contribution in [0.3, 0.4) is 0 Å². The molecule has 2 heterocycles. The molecule has 1 N–H and O–H groups in total. The molecule has 1 aliphatic carbocycles. The number of likely N-dealkylation sites (tertiary alicyclic amines) is 1. The molecule has 1 saturated heterocycles.